The predicted molar refractivity (Wildman–Crippen MR) is 56.2 cm³/mol. The van der Waals surface area contributed by atoms with Crippen LogP contribution in [0.1, 0.15) is 5.56 Å². The predicted octanol–water partition coefficient (Wildman–Crippen LogP) is 1.09. The zero-order valence-electron chi connectivity index (χ0n) is 8.53. The fraction of sp³-hybridized carbons (Fsp3) is 0.364. The average molecular weight is 190 g/mol. The van der Waals surface area contributed by atoms with Gasteiger partial charge in [-0.05, 0) is 18.7 Å². The number of para-hydroxylation sites is 1. The van der Waals surface area contributed by atoms with E-state index >= 15 is 0 Å². The van der Waals surface area contributed by atoms with E-state index in [1.54, 1.807) is 4.90 Å². The lowest BCUT2D eigenvalue weighted by Crippen LogP contribution is -2.33. The van der Waals surface area contributed by atoms with E-state index in [1.807, 2.05) is 37.2 Å². The molecular formula is C11H14N2O. The van der Waals surface area contributed by atoms with E-state index in [-0.39, 0.29) is 5.91 Å². The van der Waals surface area contributed by atoms with Crippen LogP contribution in [-0.2, 0) is 11.3 Å². The summed E-state index contributed by atoms with van der Waals surface area (Å²) in [5.41, 5.74) is 2.24. The van der Waals surface area contributed by atoms with Crippen molar-refractivity contribution < 1.29 is 4.79 Å². The SMILES string of the molecule is CN1CC(=O)N(C)c2ccccc2C1. The second-order valence-corrected chi connectivity index (χ2v) is 3.75. The summed E-state index contributed by atoms with van der Waals surface area (Å²) in [6.07, 6.45) is 0. The highest BCUT2D eigenvalue weighted by atomic mass is 16.2. The van der Waals surface area contributed by atoms with Crippen LogP contribution >= 0.6 is 0 Å². The normalized spacial score (nSPS) is 17.9. The number of carbonyl (C=O) groups is 1. The third kappa shape index (κ3) is 1.51. The zero-order chi connectivity index (χ0) is 10.1. The highest BCUT2D eigenvalue weighted by molar-refractivity contribution is 5.95. The molecule has 1 amide bonds. The molecule has 2 rings (SSSR count). The molecule has 0 N–H and O–H groups in total. The minimum atomic E-state index is 0.150. The van der Waals surface area contributed by atoms with Crippen molar-refractivity contribution in [1.29, 1.82) is 0 Å². The number of likely N-dealkylation sites (N-methyl/N-ethyl adjacent to an activating group) is 2. The summed E-state index contributed by atoms with van der Waals surface area (Å²) in [6, 6.07) is 8.04. The molecule has 3 nitrogen and oxygen atoms in total. The van der Waals surface area contributed by atoms with Crippen LogP contribution in [-0.4, -0.2) is 31.4 Å². The molecule has 0 spiro atoms. The molecule has 0 radical (unpaired) electrons. The largest absolute Gasteiger partial charge is 0.314 e. The van der Waals surface area contributed by atoms with E-state index in [4.69, 9.17) is 0 Å². The Morgan fingerprint density at radius 2 is 1.86 bits per heavy atom. The molecule has 1 aromatic rings. The molecule has 0 fully saturated rings. The first-order valence-electron chi connectivity index (χ1n) is 4.71. The van der Waals surface area contributed by atoms with Crippen molar-refractivity contribution in [2.45, 2.75) is 6.54 Å². The fourth-order valence-electron chi connectivity index (χ4n) is 1.79. The van der Waals surface area contributed by atoms with E-state index < -0.39 is 0 Å². The summed E-state index contributed by atoms with van der Waals surface area (Å²) in [5, 5.41) is 0. The molecule has 3 heteroatoms. The topological polar surface area (TPSA) is 23.6 Å². The Bertz CT molecular complexity index is 362. The number of rotatable bonds is 0. The smallest absolute Gasteiger partial charge is 0.240 e. The summed E-state index contributed by atoms with van der Waals surface area (Å²) in [4.78, 5) is 15.4. The first-order chi connectivity index (χ1) is 6.68. The number of hydrogen-bond donors (Lipinski definition) is 0. The molecule has 0 unspecified atom stereocenters. The number of nitrogens with zero attached hydrogens (tertiary/aromatic N) is 2. The molecule has 0 aromatic heterocycles. The van der Waals surface area contributed by atoms with Gasteiger partial charge in [-0.1, -0.05) is 18.2 Å². The van der Waals surface area contributed by atoms with E-state index in [0.717, 1.165) is 12.2 Å². The van der Waals surface area contributed by atoms with E-state index in [2.05, 4.69) is 6.07 Å². The standard InChI is InChI=1S/C11H14N2O/c1-12-7-9-5-3-4-6-10(9)13(2)11(14)8-12/h3-6H,7-8H2,1-2H3. The molecule has 1 heterocycles. The van der Waals surface area contributed by atoms with Crippen LogP contribution in [0.5, 0.6) is 0 Å². The van der Waals surface area contributed by atoms with Gasteiger partial charge in [-0.3, -0.25) is 9.69 Å². The van der Waals surface area contributed by atoms with Crippen molar-refractivity contribution in [3.05, 3.63) is 29.8 Å². The van der Waals surface area contributed by atoms with Crippen LogP contribution < -0.4 is 4.90 Å². The van der Waals surface area contributed by atoms with Gasteiger partial charge in [-0.15, -0.1) is 0 Å². The Morgan fingerprint density at radius 3 is 2.64 bits per heavy atom. The molecule has 0 saturated heterocycles. The summed E-state index contributed by atoms with van der Waals surface area (Å²) in [5.74, 6) is 0.150. The van der Waals surface area contributed by atoms with Crippen molar-refractivity contribution in [2.75, 3.05) is 25.5 Å². The number of benzene rings is 1. The average Bonchev–Trinajstić information content (AvgIpc) is 2.26. The lowest BCUT2D eigenvalue weighted by Gasteiger charge is -2.16. The first-order valence-corrected chi connectivity index (χ1v) is 4.71. The second-order valence-electron chi connectivity index (χ2n) is 3.75. The number of anilines is 1. The minimum Gasteiger partial charge on any atom is -0.314 e. The maximum Gasteiger partial charge on any atom is 0.240 e. The van der Waals surface area contributed by atoms with Crippen molar-refractivity contribution in [2.24, 2.45) is 0 Å². The van der Waals surface area contributed by atoms with Crippen LogP contribution in [0, 0.1) is 0 Å². The molecule has 0 aliphatic carbocycles. The summed E-state index contributed by atoms with van der Waals surface area (Å²) < 4.78 is 0. The van der Waals surface area contributed by atoms with Crippen LogP contribution in [0.15, 0.2) is 24.3 Å². The molecule has 1 aliphatic heterocycles. The number of hydrogen-bond acceptors (Lipinski definition) is 2. The van der Waals surface area contributed by atoms with Gasteiger partial charge in [-0.2, -0.15) is 0 Å². The molecule has 14 heavy (non-hydrogen) atoms. The Balaban J connectivity index is 2.46. The molecule has 1 aliphatic rings. The van der Waals surface area contributed by atoms with Gasteiger partial charge >= 0.3 is 0 Å². The molecule has 0 bridgehead atoms. The van der Waals surface area contributed by atoms with E-state index in [9.17, 15) is 4.79 Å². The second kappa shape index (κ2) is 3.42. The van der Waals surface area contributed by atoms with Gasteiger partial charge in [0, 0.05) is 19.3 Å². The molecule has 74 valence electrons. The minimum absolute atomic E-state index is 0.150. The Morgan fingerprint density at radius 1 is 1.14 bits per heavy atom. The van der Waals surface area contributed by atoms with Crippen molar-refractivity contribution in [1.82, 2.24) is 4.90 Å². The van der Waals surface area contributed by atoms with Crippen LogP contribution in [0.25, 0.3) is 0 Å². The third-order valence-corrected chi connectivity index (χ3v) is 2.57. The zero-order valence-corrected chi connectivity index (χ0v) is 8.53. The van der Waals surface area contributed by atoms with Crippen LogP contribution in [0.3, 0.4) is 0 Å². The lowest BCUT2D eigenvalue weighted by molar-refractivity contribution is -0.119. The van der Waals surface area contributed by atoms with Gasteiger partial charge < -0.3 is 4.90 Å². The Hall–Kier alpha value is -1.35. The van der Waals surface area contributed by atoms with E-state index in [1.165, 1.54) is 5.56 Å². The molecule has 1 aromatic carbocycles. The van der Waals surface area contributed by atoms with Gasteiger partial charge in [0.15, 0.2) is 0 Å². The van der Waals surface area contributed by atoms with Crippen LogP contribution in [0.2, 0.25) is 0 Å². The Kier molecular flexibility index (Phi) is 2.25. The monoisotopic (exact) mass is 190 g/mol. The van der Waals surface area contributed by atoms with Gasteiger partial charge in [-0.25, -0.2) is 0 Å². The highest BCUT2D eigenvalue weighted by Crippen LogP contribution is 2.23. The third-order valence-electron chi connectivity index (χ3n) is 2.57. The van der Waals surface area contributed by atoms with Gasteiger partial charge in [0.25, 0.3) is 0 Å². The van der Waals surface area contributed by atoms with Gasteiger partial charge in [0.1, 0.15) is 0 Å². The molecule has 0 atom stereocenters. The van der Waals surface area contributed by atoms with Gasteiger partial charge in [0.05, 0.1) is 6.54 Å². The number of carbonyl (C=O) groups excluding carboxylic acids is 1. The van der Waals surface area contributed by atoms with E-state index in [0.29, 0.717) is 6.54 Å². The number of fused-ring (bicyclic) bond motifs is 1. The van der Waals surface area contributed by atoms with Crippen molar-refractivity contribution in [3.8, 4) is 0 Å². The number of amides is 1. The highest BCUT2D eigenvalue weighted by Gasteiger charge is 2.20. The summed E-state index contributed by atoms with van der Waals surface area (Å²) in [7, 11) is 3.80. The summed E-state index contributed by atoms with van der Waals surface area (Å²) >= 11 is 0. The van der Waals surface area contributed by atoms with Crippen molar-refractivity contribution in [3.63, 3.8) is 0 Å². The fourth-order valence-corrected chi connectivity index (χ4v) is 1.79. The van der Waals surface area contributed by atoms with Crippen LogP contribution in [0.4, 0.5) is 5.69 Å². The first kappa shape index (κ1) is 9.21. The maximum absolute atomic E-state index is 11.7. The summed E-state index contributed by atoms with van der Waals surface area (Å²) in [6.45, 7) is 1.33. The lowest BCUT2D eigenvalue weighted by atomic mass is 10.1. The Labute approximate surface area is 83.9 Å². The maximum atomic E-state index is 11.7. The van der Waals surface area contributed by atoms with Crippen molar-refractivity contribution >= 4 is 11.6 Å². The molecular weight excluding hydrogens is 176 g/mol. The van der Waals surface area contributed by atoms with Gasteiger partial charge in [0.2, 0.25) is 5.91 Å². The molecule has 0 saturated carbocycles. The quantitative estimate of drug-likeness (QED) is 0.611.